The molecule has 0 aliphatic heterocycles. The van der Waals surface area contributed by atoms with Gasteiger partial charge >= 0.3 is 0 Å². The molecule has 0 aliphatic carbocycles. The molecule has 4 aromatic rings. The van der Waals surface area contributed by atoms with E-state index in [2.05, 4.69) is 5.32 Å². The molecule has 0 heterocycles. The SMILES string of the molecule is CCC(C(=O)NC(C)C)N(Cc1cccc(OC)c1)C(=O)CN(c1ccc(Oc2ccccc2)cc1)S(=O)(=O)c1ccc(C)cc1. The van der Waals surface area contributed by atoms with E-state index < -0.39 is 28.5 Å². The number of sulfonamides is 1. The molecule has 0 aliphatic rings. The van der Waals surface area contributed by atoms with E-state index in [0.717, 1.165) is 15.4 Å². The number of methoxy groups -OCH3 is 1. The first-order valence-electron chi connectivity index (χ1n) is 15.2. The minimum atomic E-state index is -4.20. The molecule has 9 nitrogen and oxygen atoms in total. The second kappa shape index (κ2) is 15.4. The number of nitrogens with one attached hydrogen (secondary N) is 1. The van der Waals surface area contributed by atoms with Crippen LogP contribution in [0.3, 0.4) is 0 Å². The fourth-order valence-corrected chi connectivity index (χ4v) is 6.35. The highest BCUT2D eigenvalue weighted by Gasteiger charge is 2.34. The van der Waals surface area contributed by atoms with Crippen LogP contribution >= 0.6 is 0 Å². The van der Waals surface area contributed by atoms with Gasteiger partial charge in [0.15, 0.2) is 0 Å². The van der Waals surface area contributed by atoms with Crippen LogP contribution in [0.2, 0.25) is 0 Å². The van der Waals surface area contributed by atoms with Gasteiger partial charge in [0, 0.05) is 12.6 Å². The van der Waals surface area contributed by atoms with Gasteiger partial charge < -0.3 is 19.7 Å². The molecule has 4 rings (SSSR count). The number of aryl methyl sites for hydroxylation is 1. The van der Waals surface area contributed by atoms with Crippen molar-refractivity contribution in [2.45, 2.75) is 57.6 Å². The lowest BCUT2D eigenvalue weighted by atomic mass is 10.1. The summed E-state index contributed by atoms with van der Waals surface area (Å²) in [6.07, 6.45) is 0.324. The fourth-order valence-electron chi connectivity index (χ4n) is 4.94. The van der Waals surface area contributed by atoms with E-state index in [4.69, 9.17) is 9.47 Å². The summed E-state index contributed by atoms with van der Waals surface area (Å²) in [5, 5.41) is 2.91. The monoisotopic (exact) mass is 643 g/mol. The molecule has 10 heteroatoms. The minimum absolute atomic E-state index is 0.0412. The van der Waals surface area contributed by atoms with Crippen LogP contribution in [0.25, 0.3) is 0 Å². The molecule has 0 aromatic heterocycles. The van der Waals surface area contributed by atoms with Crippen LogP contribution in [0, 0.1) is 6.92 Å². The van der Waals surface area contributed by atoms with E-state index in [1.807, 2.05) is 64.1 Å². The number of hydrogen-bond acceptors (Lipinski definition) is 6. The summed E-state index contributed by atoms with van der Waals surface area (Å²) in [6.45, 7) is 6.92. The van der Waals surface area contributed by atoms with Gasteiger partial charge in [-0.25, -0.2) is 8.42 Å². The third kappa shape index (κ3) is 8.66. The molecule has 0 radical (unpaired) electrons. The van der Waals surface area contributed by atoms with Gasteiger partial charge in [-0.05, 0) is 93.4 Å². The fraction of sp³-hybridized carbons (Fsp3) is 0.278. The Morgan fingerprint density at radius 3 is 2.07 bits per heavy atom. The Labute approximate surface area is 271 Å². The molecule has 242 valence electrons. The van der Waals surface area contributed by atoms with Gasteiger partial charge in [-0.3, -0.25) is 13.9 Å². The number of hydrogen-bond donors (Lipinski definition) is 1. The largest absolute Gasteiger partial charge is 0.497 e. The van der Waals surface area contributed by atoms with Crippen LogP contribution in [0.15, 0.2) is 108 Å². The number of para-hydroxylation sites is 1. The van der Waals surface area contributed by atoms with Crippen LogP contribution in [0.4, 0.5) is 5.69 Å². The Morgan fingerprint density at radius 2 is 1.46 bits per heavy atom. The van der Waals surface area contributed by atoms with Gasteiger partial charge in [0.05, 0.1) is 17.7 Å². The zero-order valence-electron chi connectivity index (χ0n) is 26.8. The Hall–Kier alpha value is -4.83. The highest BCUT2D eigenvalue weighted by atomic mass is 32.2. The minimum Gasteiger partial charge on any atom is -0.497 e. The van der Waals surface area contributed by atoms with Crippen molar-refractivity contribution in [1.29, 1.82) is 0 Å². The van der Waals surface area contributed by atoms with Crippen molar-refractivity contribution in [3.05, 3.63) is 114 Å². The summed E-state index contributed by atoms with van der Waals surface area (Å²) in [4.78, 5) is 29.1. The van der Waals surface area contributed by atoms with Gasteiger partial charge in [0.25, 0.3) is 10.0 Å². The van der Waals surface area contributed by atoms with Crippen LogP contribution in [0.5, 0.6) is 17.2 Å². The Morgan fingerprint density at radius 1 is 0.826 bits per heavy atom. The van der Waals surface area contributed by atoms with Crippen molar-refractivity contribution in [1.82, 2.24) is 10.2 Å². The van der Waals surface area contributed by atoms with Crippen LogP contribution < -0.4 is 19.1 Å². The number of amides is 2. The number of nitrogens with zero attached hydrogens (tertiary/aromatic N) is 2. The first-order chi connectivity index (χ1) is 22.0. The lowest BCUT2D eigenvalue weighted by Crippen LogP contribution is -2.53. The van der Waals surface area contributed by atoms with E-state index >= 15 is 0 Å². The van der Waals surface area contributed by atoms with Gasteiger partial charge in [0.2, 0.25) is 11.8 Å². The average Bonchev–Trinajstić information content (AvgIpc) is 3.04. The van der Waals surface area contributed by atoms with E-state index in [0.29, 0.717) is 23.7 Å². The molecule has 0 saturated heterocycles. The normalized spacial score (nSPS) is 11.9. The summed E-state index contributed by atoms with van der Waals surface area (Å²) < 4.78 is 40.7. The summed E-state index contributed by atoms with van der Waals surface area (Å²) >= 11 is 0. The maximum absolute atomic E-state index is 14.3. The van der Waals surface area contributed by atoms with E-state index in [1.54, 1.807) is 61.7 Å². The summed E-state index contributed by atoms with van der Waals surface area (Å²) in [7, 11) is -2.65. The first-order valence-corrected chi connectivity index (χ1v) is 16.6. The van der Waals surface area contributed by atoms with Gasteiger partial charge in [-0.2, -0.15) is 0 Å². The maximum Gasteiger partial charge on any atom is 0.264 e. The molecule has 46 heavy (non-hydrogen) atoms. The molecular weight excluding hydrogens is 602 g/mol. The lowest BCUT2D eigenvalue weighted by Gasteiger charge is -2.33. The number of ether oxygens (including phenoxy) is 2. The van der Waals surface area contributed by atoms with E-state index in [-0.39, 0.29) is 29.1 Å². The highest BCUT2D eigenvalue weighted by molar-refractivity contribution is 7.92. The smallest absolute Gasteiger partial charge is 0.264 e. The Bertz CT molecular complexity index is 1710. The molecular formula is C36H41N3O6S. The Kier molecular flexibility index (Phi) is 11.4. The molecule has 4 aromatic carbocycles. The molecule has 0 bridgehead atoms. The van der Waals surface area contributed by atoms with E-state index in [1.165, 1.54) is 17.0 Å². The van der Waals surface area contributed by atoms with Crippen molar-refractivity contribution in [2.75, 3.05) is 18.0 Å². The maximum atomic E-state index is 14.3. The van der Waals surface area contributed by atoms with Gasteiger partial charge in [0.1, 0.15) is 29.8 Å². The van der Waals surface area contributed by atoms with Gasteiger partial charge in [-0.1, -0.05) is 55.0 Å². The van der Waals surface area contributed by atoms with Crippen LogP contribution in [0.1, 0.15) is 38.3 Å². The number of anilines is 1. The topological polar surface area (TPSA) is 105 Å². The lowest BCUT2D eigenvalue weighted by molar-refractivity contribution is -0.140. The van der Waals surface area contributed by atoms with Crippen molar-refractivity contribution in [3.8, 4) is 17.2 Å². The Balaban J connectivity index is 1.73. The van der Waals surface area contributed by atoms with Gasteiger partial charge in [-0.15, -0.1) is 0 Å². The van der Waals surface area contributed by atoms with Crippen LogP contribution in [-0.2, 0) is 26.2 Å². The predicted octanol–water partition coefficient (Wildman–Crippen LogP) is 6.32. The number of carbonyl (C=O) groups excluding carboxylic acids is 2. The van der Waals surface area contributed by atoms with Crippen molar-refractivity contribution in [3.63, 3.8) is 0 Å². The standard InChI is InChI=1S/C36H41N3O6S/c1-6-34(36(41)37-26(2)3)38(24-28-11-10-14-32(23-28)44-5)35(40)25-39(46(42,43)33-21-15-27(4)16-22-33)29-17-19-31(20-18-29)45-30-12-8-7-9-13-30/h7-23,26,34H,6,24-25H2,1-5H3,(H,37,41). The van der Waals surface area contributed by atoms with E-state index in [9.17, 15) is 18.0 Å². The molecule has 2 amide bonds. The predicted molar refractivity (Wildman–Crippen MR) is 180 cm³/mol. The molecule has 1 unspecified atom stereocenters. The zero-order valence-corrected chi connectivity index (χ0v) is 27.7. The zero-order chi connectivity index (χ0) is 33.3. The highest BCUT2D eigenvalue weighted by Crippen LogP contribution is 2.29. The van der Waals surface area contributed by atoms with Crippen molar-refractivity contribution >= 4 is 27.5 Å². The van der Waals surface area contributed by atoms with Crippen molar-refractivity contribution in [2.24, 2.45) is 0 Å². The molecule has 0 spiro atoms. The number of rotatable bonds is 14. The summed E-state index contributed by atoms with van der Waals surface area (Å²) in [5.74, 6) is 0.891. The molecule has 1 atom stereocenters. The quantitative estimate of drug-likeness (QED) is 0.172. The second-order valence-corrected chi connectivity index (χ2v) is 13.1. The number of benzene rings is 4. The molecule has 0 saturated carbocycles. The second-order valence-electron chi connectivity index (χ2n) is 11.2. The molecule has 0 fully saturated rings. The molecule has 1 N–H and O–H groups in total. The van der Waals surface area contributed by atoms with Crippen LogP contribution in [-0.4, -0.2) is 50.9 Å². The average molecular weight is 644 g/mol. The number of carbonyl (C=O) groups is 2. The third-order valence-corrected chi connectivity index (χ3v) is 9.08. The summed E-state index contributed by atoms with van der Waals surface area (Å²) in [5.41, 5.74) is 1.91. The third-order valence-electron chi connectivity index (χ3n) is 7.30. The first kappa shape index (κ1) is 34.1. The summed E-state index contributed by atoms with van der Waals surface area (Å²) in [6, 6.07) is 28.4. The van der Waals surface area contributed by atoms with Crippen molar-refractivity contribution < 1.29 is 27.5 Å².